The van der Waals surface area contributed by atoms with Gasteiger partial charge >= 0.3 is 0 Å². The Kier molecular flexibility index (Phi) is 3.67. The molecule has 6 heterocycles. The lowest BCUT2D eigenvalue weighted by Gasteiger charge is -1.88. The van der Waals surface area contributed by atoms with Crippen molar-refractivity contribution in [1.82, 2.24) is 113 Å². The number of nitrogens with zero attached hydrogens (tertiary/aromatic N) is 20. The molecular formula is C8H4N24. The van der Waals surface area contributed by atoms with Crippen LogP contribution in [0.15, 0.2) is 10.4 Å². The van der Waals surface area contributed by atoms with Crippen LogP contribution < -0.4 is 0 Å². The molecule has 24 nitrogen and oxygen atoms in total. The molecule has 4 N–H and O–H groups in total. The molecule has 0 saturated heterocycles. The molecule has 0 aliphatic rings. The molecule has 6 rings (SSSR count). The summed E-state index contributed by atoms with van der Waals surface area (Å²) in [6.07, 6.45) is 0. The third kappa shape index (κ3) is 2.87. The van der Waals surface area contributed by atoms with Crippen molar-refractivity contribution in [2.75, 3.05) is 0 Å². The minimum atomic E-state index is 0.204. The number of aromatic nitrogens is 22. The van der Waals surface area contributed by atoms with Crippen LogP contribution in [0.4, 0.5) is 0 Å². The molecule has 0 spiro atoms. The lowest BCUT2D eigenvalue weighted by atomic mass is 10.3. The fourth-order valence-corrected chi connectivity index (χ4v) is 2.42. The predicted octanol–water partition coefficient (Wildman–Crippen LogP) is -3.73. The lowest BCUT2D eigenvalue weighted by Crippen LogP contribution is -1.98. The molecule has 6 aromatic heterocycles. The number of hydrogen-bond donors (Lipinski definition) is 4. The zero-order chi connectivity index (χ0) is 21.3. The van der Waals surface area contributed by atoms with Crippen molar-refractivity contribution in [1.29, 1.82) is 0 Å². The van der Waals surface area contributed by atoms with E-state index in [1.54, 1.807) is 0 Å². The number of hydrogen-bond acceptors (Lipinski definition) is 18. The van der Waals surface area contributed by atoms with Crippen molar-refractivity contribution in [3.63, 3.8) is 0 Å². The average Bonchev–Trinajstić information content (AvgIpc) is 3.66. The van der Waals surface area contributed by atoms with E-state index in [2.05, 4.69) is 113 Å². The summed E-state index contributed by atoms with van der Waals surface area (Å²) < 4.78 is 0. The number of tetrazole rings is 4. The van der Waals surface area contributed by atoms with Crippen LogP contribution in [0.5, 0.6) is 0 Å². The summed E-state index contributed by atoms with van der Waals surface area (Å²) in [7, 11) is 0. The molecule has 0 amide bonds. The highest BCUT2D eigenvalue weighted by atomic mass is 15.8. The van der Waals surface area contributed by atoms with E-state index in [4.69, 9.17) is 0 Å². The maximum absolute atomic E-state index is 4.16. The first-order valence-electron chi connectivity index (χ1n) is 8.18. The van der Waals surface area contributed by atoms with Gasteiger partial charge in [0, 0.05) is 0 Å². The fraction of sp³-hybridized carbons (Fsp3) is 0. The normalized spacial score (nSPS) is 11.6. The molecule has 32 heavy (non-hydrogen) atoms. The van der Waals surface area contributed by atoms with Crippen LogP contribution in [-0.2, 0) is 0 Å². The van der Waals surface area contributed by atoms with Crippen LogP contribution in [0.2, 0.25) is 0 Å². The Morgan fingerprint density at radius 1 is 0.438 bits per heavy atom. The third-order valence-corrected chi connectivity index (χ3v) is 3.68. The van der Waals surface area contributed by atoms with Gasteiger partial charge in [-0.3, -0.25) is 0 Å². The maximum Gasteiger partial charge on any atom is 0.202 e. The van der Waals surface area contributed by atoms with Gasteiger partial charge in [0.15, 0.2) is 22.8 Å². The Bertz CT molecular complexity index is 1220. The third-order valence-electron chi connectivity index (χ3n) is 3.68. The summed E-state index contributed by atoms with van der Waals surface area (Å²) >= 11 is 0. The van der Waals surface area contributed by atoms with Gasteiger partial charge in [0.1, 0.15) is 0 Å². The summed E-state index contributed by atoms with van der Waals surface area (Å²) in [5.41, 5.74) is 0.844. The minimum absolute atomic E-state index is 0.204. The van der Waals surface area contributed by atoms with Crippen molar-refractivity contribution in [2.45, 2.75) is 0 Å². The molecule has 0 bridgehead atoms. The first-order valence-corrected chi connectivity index (χ1v) is 8.18. The Hall–Kier alpha value is -5.84. The van der Waals surface area contributed by atoms with Crippen molar-refractivity contribution in [3.05, 3.63) is 0 Å². The monoisotopic (exact) mass is 436 g/mol. The van der Waals surface area contributed by atoms with E-state index in [0.29, 0.717) is 0 Å². The molecule has 156 valence electrons. The van der Waals surface area contributed by atoms with E-state index >= 15 is 0 Å². The first-order chi connectivity index (χ1) is 15.8. The van der Waals surface area contributed by atoms with Gasteiger partial charge in [0.05, 0.1) is 0 Å². The molecule has 0 saturated carbocycles. The predicted molar refractivity (Wildman–Crippen MR) is 88.4 cm³/mol. The SMILES string of the molecule is N(=Nn1nc(-c2nnn[nH]2)c(-c2nnn[nH]2)n1)n1nc(-c2nnn[nH]2)c(-c2nnn[nH]2)n1. The standard InChI is InChI=1S/C8H4N24/c9-5(10-22-21-9)1-2(6-11-23-24-12-6)18-31(17-1)29-30-32-19-3(7-13-25-26-14-7)4(20-32)8-15-27-28-16-8/h(H,9,10,21,22)(H,11,12,23,24)(H,13,14,25,26)(H,15,16,27,28). The van der Waals surface area contributed by atoms with Gasteiger partial charge in [-0.25, -0.2) is 20.4 Å². The van der Waals surface area contributed by atoms with Gasteiger partial charge in [-0.05, 0) is 62.0 Å². The van der Waals surface area contributed by atoms with Crippen molar-refractivity contribution in [3.8, 4) is 46.1 Å². The topological polar surface area (TPSA) is 304 Å². The highest BCUT2D eigenvalue weighted by Crippen LogP contribution is 2.23. The summed E-state index contributed by atoms with van der Waals surface area (Å²) in [5.74, 6) is 0.816. The summed E-state index contributed by atoms with van der Waals surface area (Å²) in [6, 6.07) is 0. The number of rotatable bonds is 6. The molecule has 0 fully saturated rings. The van der Waals surface area contributed by atoms with E-state index in [1.165, 1.54) is 0 Å². The van der Waals surface area contributed by atoms with Crippen LogP contribution >= 0.6 is 0 Å². The highest BCUT2D eigenvalue weighted by Gasteiger charge is 2.22. The number of aromatic amines is 4. The second-order valence-corrected chi connectivity index (χ2v) is 5.51. The Morgan fingerprint density at radius 2 is 0.719 bits per heavy atom. The van der Waals surface area contributed by atoms with Crippen LogP contribution in [0, 0.1) is 0 Å². The molecule has 24 heteroatoms. The van der Waals surface area contributed by atoms with Crippen LogP contribution in [0.1, 0.15) is 0 Å². The van der Waals surface area contributed by atoms with Gasteiger partial charge < -0.3 is 0 Å². The summed E-state index contributed by atoms with van der Waals surface area (Å²) in [4.78, 5) is 1.76. The largest absolute Gasteiger partial charge is 0.237 e. The van der Waals surface area contributed by atoms with E-state index in [9.17, 15) is 0 Å². The molecule has 0 aliphatic heterocycles. The van der Waals surface area contributed by atoms with Gasteiger partial charge in [-0.15, -0.1) is 40.8 Å². The van der Waals surface area contributed by atoms with Crippen LogP contribution in [0.25, 0.3) is 46.1 Å². The molecule has 0 atom stereocenters. The molecular weight excluding hydrogens is 432 g/mol. The first kappa shape index (κ1) is 17.1. The van der Waals surface area contributed by atoms with Crippen molar-refractivity contribution >= 4 is 0 Å². The quantitative estimate of drug-likeness (QED) is 0.182. The van der Waals surface area contributed by atoms with Gasteiger partial charge in [0.25, 0.3) is 0 Å². The minimum Gasteiger partial charge on any atom is -0.237 e. The van der Waals surface area contributed by atoms with E-state index < -0.39 is 0 Å². The average molecular weight is 436 g/mol. The van der Waals surface area contributed by atoms with Gasteiger partial charge in [-0.2, -0.15) is 0 Å². The van der Waals surface area contributed by atoms with Crippen molar-refractivity contribution < 1.29 is 0 Å². The van der Waals surface area contributed by atoms with Crippen LogP contribution in [0.3, 0.4) is 0 Å². The second kappa shape index (κ2) is 6.89. The maximum atomic E-state index is 4.16. The Morgan fingerprint density at radius 3 is 0.938 bits per heavy atom. The van der Waals surface area contributed by atoms with E-state index in [0.717, 1.165) is 9.81 Å². The highest BCUT2D eigenvalue weighted by molar-refractivity contribution is 5.69. The number of H-pyrrole nitrogens is 4. The summed E-state index contributed by atoms with van der Waals surface area (Å²) in [6.45, 7) is 0. The van der Waals surface area contributed by atoms with Crippen LogP contribution in [-0.4, -0.2) is 113 Å². The van der Waals surface area contributed by atoms with E-state index in [-0.39, 0.29) is 46.1 Å². The van der Waals surface area contributed by atoms with Crippen molar-refractivity contribution in [2.24, 2.45) is 10.4 Å². The molecule has 0 aromatic carbocycles. The number of nitrogens with one attached hydrogen (secondary N) is 4. The van der Waals surface area contributed by atoms with E-state index in [1.807, 2.05) is 0 Å². The fourth-order valence-electron chi connectivity index (χ4n) is 2.42. The molecule has 0 unspecified atom stereocenters. The zero-order valence-electron chi connectivity index (χ0n) is 14.9. The molecule has 0 radical (unpaired) electrons. The Labute approximate surface area is 170 Å². The zero-order valence-corrected chi connectivity index (χ0v) is 14.9. The Balaban J connectivity index is 1.38. The van der Waals surface area contributed by atoms with Gasteiger partial charge in [0.2, 0.25) is 23.3 Å². The molecule has 6 aromatic rings. The lowest BCUT2D eigenvalue weighted by molar-refractivity contribution is 0.505. The second-order valence-electron chi connectivity index (χ2n) is 5.51. The smallest absolute Gasteiger partial charge is 0.202 e. The molecule has 0 aliphatic carbocycles. The van der Waals surface area contributed by atoms with Gasteiger partial charge in [-0.1, -0.05) is 0 Å². The summed E-state index contributed by atoms with van der Waals surface area (Å²) in [5, 5.41) is 77.9.